The van der Waals surface area contributed by atoms with Crippen molar-refractivity contribution in [3.63, 3.8) is 0 Å². The highest BCUT2D eigenvalue weighted by atomic mass is 19.1. The van der Waals surface area contributed by atoms with Gasteiger partial charge in [0.1, 0.15) is 11.6 Å². The third-order valence-electron chi connectivity index (χ3n) is 8.00. The number of carboxylic acid groups (broad SMARTS) is 1. The summed E-state index contributed by atoms with van der Waals surface area (Å²) in [5, 5.41) is 9.80. The monoisotopic (exact) mass is 594 g/mol. The lowest BCUT2D eigenvalue weighted by Crippen LogP contribution is -2.32. The van der Waals surface area contributed by atoms with Gasteiger partial charge >= 0.3 is 5.97 Å². The summed E-state index contributed by atoms with van der Waals surface area (Å²) in [5.41, 5.74) is 4.64. The quantitative estimate of drug-likeness (QED) is 0.232. The normalized spacial score (nSPS) is 13.0. The van der Waals surface area contributed by atoms with Crippen LogP contribution in [0.15, 0.2) is 41.3 Å². The van der Waals surface area contributed by atoms with Crippen LogP contribution in [0.25, 0.3) is 11.1 Å². The number of nitrogens with zero attached hydrogens (tertiary/aromatic N) is 2. The summed E-state index contributed by atoms with van der Waals surface area (Å²) < 4.78 is 31.2. The average Bonchev–Trinajstić information content (AvgIpc) is 2.87. The third-order valence-corrected chi connectivity index (χ3v) is 8.00. The van der Waals surface area contributed by atoms with Crippen LogP contribution in [0.5, 0.6) is 0 Å². The molecule has 1 unspecified atom stereocenters. The summed E-state index contributed by atoms with van der Waals surface area (Å²) in [7, 11) is 3.93. The van der Waals surface area contributed by atoms with Gasteiger partial charge < -0.3 is 14.6 Å². The molecule has 0 saturated carbocycles. The summed E-state index contributed by atoms with van der Waals surface area (Å²) in [6, 6.07) is 6.78. The van der Waals surface area contributed by atoms with E-state index >= 15 is 4.39 Å². The summed E-state index contributed by atoms with van der Waals surface area (Å²) in [4.78, 5) is 41.3. The zero-order valence-corrected chi connectivity index (χ0v) is 26.6. The minimum absolute atomic E-state index is 0.0667. The Morgan fingerprint density at radius 3 is 2.09 bits per heavy atom. The van der Waals surface area contributed by atoms with Crippen LogP contribution >= 0.6 is 0 Å². The molecule has 232 valence electrons. The Morgan fingerprint density at radius 1 is 0.907 bits per heavy atom. The molecule has 3 aromatic rings. The van der Waals surface area contributed by atoms with Gasteiger partial charge in [-0.15, -0.1) is 0 Å². The van der Waals surface area contributed by atoms with Gasteiger partial charge in [0.05, 0.1) is 12.5 Å². The van der Waals surface area contributed by atoms with Crippen LogP contribution < -0.4 is 5.56 Å². The maximum absolute atomic E-state index is 15.7. The molecule has 0 aliphatic carbocycles. The Morgan fingerprint density at radius 2 is 1.53 bits per heavy atom. The van der Waals surface area contributed by atoms with Gasteiger partial charge in [-0.2, -0.15) is 0 Å². The third kappa shape index (κ3) is 8.47. The highest BCUT2D eigenvalue weighted by molar-refractivity contribution is 5.84. The number of carboxylic acids is 1. The number of ketones is 1. The second-order valence-corrected chi connectivity index (χ2v) is 12.5. The summed E-state index contributed by atoms with van der Waals surface area (Å²) in [6.45, 7) is 11.7. The Balaban J connectivity index is 2.10. The van der Waals surface area contributed by atoms with Crippen LogP contribution in [0.3, 0.4) is 0 Å². The number of hydrogen-bond donors (Lipinski definition) is 1. The molecule has 0 spiro atoms. The number of hydrogen-bond acceptors (Lipinski definition) is 4. The van der Waals surface area contributed by atoms with E-state index in [0.29, 0.717) is 35.1 Å². The number of aryl methyl sites for hydroxylation is 4. The van der Waals surface area contributed by atoms with Crippen LogP contribution in [0.4, 0.5) is 8.78 Å². The highest BCUT2D eigenvalue weighted by Gasteiger charge is 2.30. The molecule has 0 radical (unpaired) electrons. The van der Waals surface area contributed by atoms with Crippen molar-refractivity contribution >= 4 is 11.8 Å². The zero-order valence-electron chi connectivity index (χ0n) is 26.6. The van der Waals surface area contributed by atoms with E-state index in [4.69, 9.17) is 0 Å². The molecule has 1 heterocycles. The standard InChI is InChI=1S/C35H44F2N2O4/c1-20(2)11-30(39-19-25(9-10-38(7)8)21(3)15-32(39)41)31(40)17-26(18-33(42)43)29-16-27(12-24(6)35(29)37)34-22(4)13-28(36)14-23(34)5/h12-16,19-20,26,30H,9-11,17-18H2,1-8H3,(H,42,43)/t26-,30?/m0/s1. The van der Waals surface area contributed by atoms with E-state index in [2.05, 4.69) is 0 Å². The van der Waals surface area contributed by atoms with E-state index in [1.165, 1.54) is 16.7 Å². The lowest BCUT2D eigenvalue weighted by Gasteiger charge is -2.25. The fourth-order valence-corrected chi connectivity index (χ4v) is 5.87. The number of halogens is 2. The smallest absolute Gasteiger partial charge is 0.303 e. The number of rotatable bonds is 13. The topological polar surface area (TPSA) is 79.6 Å². The maximum atomic E-state index is 15.7. The van der Waals surface area contributed by atoms with Crippen molar-refractivity contribution in [2.24, 2.45) is 5.92 Å². The lowest BCUT2D eigenvalue weighted by molar-refractivity contribution is -0.137. The van der Waals surface area contributed by atoms with Crippen molar-refractivity contribution in [1.82, 2.24) is 9.47 Å². The SMILES string of the molecule is Cc1cc(=O)n(C(CC(C)C)C(=O)C[C@@H](CC(=O)O)c2cc(-c3c(C)cc(F)cc3C)cc(C)c2F)cc1CCN(C)C. The molecule has 2 aromatic carbocycles. The zero-order chi connectivity index (χ0) is 32.2. The molecule has 0 amide bonds. The van der Waals surface area contributed by atoms with Gasteiger partial charge in [0, 0.05) is 31.1 Å². The van der Waals surface area contributed by atoms with Gasteiger partial charge in [0.25, 0.3) is 5.56 Å². The Labute approximate surface area is 253 Å². The molecule has 0 saturated heterocycles. The number of pyridine rings is 1. The first-order chi connectivity index (χ1) is 20.1. The summed E-state index contributed by atoms with van der Waals surface area (Å²) >= 11 is 0. The van der Waals surface area contributed by atoms with Crippen molar-refractivity contribution in [2.75, 3.05) is 20.6 Å². The average molecular weight is 595 g/mol. The van der Waals surface area contributed by atoms with E-state index in [1.54, 1.807) is 45.2 Å². The molecule has 6 nitrogen and oxygen atoms in total. The first-order valence-corrected chi connectivity index (χ1v) is 14.8. The van der Waals surface area contributed by atoms with Crippen molar-refractivity contribution in [3.8, 4) is 11.1 Å². The van der Waals surface area contributed by atoms with Crippen molar-refractivity contribution < 1.29 is 23.5 Å². The Kier molecular flexibility index (Phi) is 11.2. The minimum Gasteiger partial charge on any atom is -0.481 e. The fraction of sp³-hybridized carbons (Fsp3) is 0.457. The number of likely N-dealkylation sites (N-methyl/N-ethyl adjacent to an activating group) is 1. The molecular weight excluding hydrogens is 550 g/mol. The molecule has 0 aliphatic rings. The molecule has 0 aliphatic heterocycles. The molecular formula is C35H44F2N2O4. The van der Waals surface area contributed by atoms with Gasteiger partial charge in [0.15, 0.2) is 5.78 Å². The van der Waals surface area contributed by atoms with E-state index in [1.807, 2.05) is 39.8 Å². The summed E-state index contributed by atoms with van der Waals surface area (Å²) in [5.74, 6) is -3.32. The molecule has 0 fully saturated rings. The fourth-order valence-electron chi connectivity index (χ4n) is 5.87. The molecule has 1 N–H and O–H groups in total. The number of aromatic nitrogens is 1. The molecule has 8 heteroatoms. The number of carbonyl (C=O) groups excluding carboxylic acids is 1. The van der Waals surface area contributed by atoms with Crippen LogP contribution in [0.2, 0.25) is 0 Å². The number of aliphatic carboxylic acids is 1. The molecule has 43 heavy (non-hydrogen) atoms. The first kappa shape index (κ1) is 33.8. The van der Waals surface area contributed by atoms with Gasteiger partial charge in [0.2, 0.25) is 0 Å². The second-order valence-electron chi connectivity index (χ2n) is 12.5. The molecule has 3 rings (SSSR count). The van der Waals surface area contributed by atoms with Crippen LogP contribution in [0, 0.1) is 45.2 Å². The predicted octanol–water partition coefficient (Wildman–Crippen LogP) is 6.94. The maximum Gasteiger partial charge on any atom is 0.303 e. The van der Waals surface area contributed by atoms with Crippen LogP contribution in [-0.2, 0) is 16.0 Å². The van der Waals surface area contributed by atoms with E-state index in [-0.39, 0.29) is 35.1 Å². The lowest BCUT2D eigenvalue weighted by atomic mass is 9.84. The van der Waals surface area contributed by atoms with Gasteiger partial charge in [-0.25, -0.2) is 8.78 Å². The van der Waals surface area contributed by atoms with Gasteiger partial charge in [-0.3, -0.25) is 14.4 Å². The van der Waals surface area contributed by atoms with Crippen molar-refractivity contribution in [2.45, 2.75) is 79.2 Å². The van der Waals surface area contributed by atoms with Crippen molar-refractivity contribution in [1.29, 1.82) is 0 Å². The largest absolute Gasteiger partial charge is 0.481 e. The van der Waals surface area contributed by atoms with Crippen LogP contribution in [0.1, 0.15) is 78.5 Å². The minimum atomic E-state index is -1.16. The Hall–Kier alpha value is -3.65. The van der Waals surface area contributed by atoms with Gasteiger partial charge in [-0.1, -0.05) is 13.8 Å². The van der Waals surface area contributed by atoms with E-state index < -0.39 is 30.2 Å². The highest BCUT2D eigenvalue weighted by Crippen LogP contribution is 2.36. The van der Waals surface area contributed by atoms with Gasteiger partial charge in [-0.05, 0) is 129 Å². The predicted molar refractivity (Wildman–Crippen MR) is 167 cm³/mol. The number of Topliss-reactive ketones (excluding diaryl/α,β-unsaturated/α-hetero) is 1. The first-order valence-electron chi connectivity index (χ1n) is 14.8. The second kappa shape index (κ2) is 14.2. The van der Waals surface area contributed by atoms with Crippen LogP contribution in [-0.4, -0.2) is 47.0 Å². The van der Waals surface area contributed by atoms with Crippen molar-refractivity contribution in [3.05, 3.63) is 91.9 Å². The van der Waals surface area contributed by atoms with E-state index in [9.17, 15) is 23.9 Å². The molecule has 1 aromatic heterocycles. The molecule has 2 atom stereocenters. The Bertz CT molecular complexity index is 1540. The number of carbonyl (C=O) groups is 2. The van der Waals surface area contributed by atoms with E-state index in [0.717, 1.165) is 23.2 Å². The number of benzene rings is 2. The summed E-state index contributed by atoms with van der Waals surface area (Å²) in [6.07, 6.45) is 2.12. The molecule has 0 bridgehead atoms.